The predicted octanol–water partition coefficient (Wildman–Crippen LogP) is 2.18. The average molecular weight is 786 g/mol. The largest absolute Gasteiger partial charge is 0.384 e. The number of amides is 4. The van der Waals surface area contributed by atoms with Crippen LogP contribution in [0, 0.1) is 5.92 Å². The molecule has 4 aliphatic rings. The molecule has 4 amide bonds. The van der Waals surface area contributed by atoms with Crippen LogP contribution >= 0.6 is 11.8 Å². The zero-order chi connectivity index (χ0) is 38.8. The van der Waals surface area contributed by atoms with Crippen LogP contribution in [0.25, 0.3) is 0 Å². The van der Waals surface area contributed by atoms with Crippen LogP contribution in [-0.2, 0) is 34.6 Å². The first-order valence-electron chi connectivity index (χ1n) is 18.9. The molecule has 5 N–H and O–H groups in total. The molecule has 2 aliphatic carbocycles. The summed E-state index contributed by atoms with van der Waals surface area (Å²) in [5.41, 5.74) is 3.16. The number of sulfone groups is 1. The number of ketones is 1. The second-order valence-electron chi connectivity index (χ2n) is 15.8. The van der Waals surface area contributed by atoms with Gasteiger partial charge in [-0.15, -0.1) is 5.10 Å². The minimum Gasteiger partial charge on any atom is -0.384 e. The normalized spacial score (nSPS) is 22.9. The maximum absolute atomic E-state index is 14.8. The van der Waals surface area contributed by atoms with E-state index in [1.165, 1.54) is 40.0 Å². The third-order valence-electron chi connectivity index (χ3n) is 11.6. The molecule has 2 aliphatic heterocycles. The van der Waals surface area contributed by atoms with Crippen molar-refractivity contribution in [2.24, 2.45) is 11.7 Å². The van der Waals surface area contributed by atoms with E-state index >= 15 is 0 Å². The number of nitrogens with two attached hydrogens (primary N) is 1. The first-order chi connectivity index (χ1) is 25.6. The van der Waals surface area contributed by atoms with Crippen molar-refractivity contribution in [2.75, 3.05) is 18.1 Å². The number of primary amides is 1. The smallest absolute Gasteiger partial charge is 0.287 e. The summed E-state index contributed by atoms with van der Waals surface area (Å²) in [7, 11) is -3.49. The lowest BCUT2D eigenvalue weighted by Gasteiger charge is -2.37. The van der Waals surface area contributed by atoms with E-state index in [0.29, 0.717) is 36.5 Å². The lowest BCUT2D eigenvalue weighted by Crippen LogP contribution is -2.63. The van der Waals surface area contributed by atoms with E-state index in [-0.39, 0.29) is 42.2 Å². The van der Waals surface area contributed by atoms with E-state index in [9.17, 15) is 37.5 Å². The van der Waals surface area contributed by atoms with Crippen LogP contribution in [0.2, 0.25) is 0 Å². The van der Waals surface area contributed by atoms with Crippen LogP contribution < -0.4 is 16.4 Å². The molecule has 2 saturated carbocycles. The van der Waals surface area contributed by atoms with Crippen molar-refractivity contribution < 1.29 is 37.5 Å². The van der Waals surface area contributed by atoms with Gasteiger partial charge in [0, 0.05) is 18.5 Å². The molecule has 2 aromatic rings. The van der Waals surface area contributed by atoms with Gasteiger partial charge in [-0.25, -0.2) is 13.1 Å². The number of thioether (sulfide) groups is 1. The van der Waals surface area contributed by atoms with Crippen LogP contribution in [0.3, 0.4) is 0 Å². The minimum atomic E-state index is -3.49. The molecule has 4 fully saturated rings. The first kappa shape index (κ1) is 39.9. The number of aliphatic hydroxyl groups is 1. The Balaban J connectivity index is 1.30. The number of carbonyl (C=O) groups is 5. The van der Waals surface area contributed by atoms with Gasteiger partial charge in [-0.05, 0) is 87.6 Å². The Labute approximate surface area is 319 Å². The third-order valence-corrected chi connectivity index (χ3v) is 14.9. The molecule has 0 unspecified atom stereocenters. The van der Waals surface area contributed by atoms with Crippen molar-refractivity contribution in [1.82, 2.24) is 30.5 Å². The van der Waals surface area contributed by atoms with E-state index in [1.807, 2.05) is 0 Å². The summed E-state index contributed by atoms with van der Waals surface area (Å²) in [6, 6.07) is 2.99. The monoisotopic (exact) mass is 785 g/mol. The van der Waals surface area contributed by atoms with E-state index in [4.69, 9.17) is 5.73 Å². The van der Waals surface area contributed by atoms with Crippen LogP contribution in [-0.4, -0.2) is 104 Å². The molecule has 0 radical (unpaired) electrons. The number of hydrogen-bond acceptors (Lipinski definition) is 11. The van der Waals surface area contributed by atoms with Crippen molar-refractivity contribution in [3.05, 3.63) is 41.7 Å². The summed E-state index contributed by atoms with van der Waals surface area (Å²) in [4.78, 5) is 69.9. The van der Waals surface area contributed by atoms with Gasteiger partial charge < -0.3 is 26.4 Å². The van der Waals surface area contributed by atoms with Crippen molar-refractivity contribution in [3.63, 3.8) is 0 Å². The SMILES string of the molecule is CC(C)(O)c1cnnn1[C@H]1C[C@@H](C(=O)NC2(C(=O)C(N)=O)CCSCC2)N(C(=O)[C@@H](CC2CCCCC2)NC(=O)c2ccc(S(=O)(=O)C3CCC3)cc2)C1. The Morgan fingerprint density at radius 2 is 1.69 bits per heavy atom. The Bertz CT molecular complexity index is 1840. The Morgan fingerprint density at radius 3 is 2.28 bits per heavy atom. The number of likely N-dealkylation sites (tertiary alicyclic amines) is 1. The highest BCUT2D eigenvalue weighted by atomic mass is 32.2. The van der Waals surface area contributed by atoms with Crippen molar-refractivity contribution in [1.29, 1.82) is 0 Å². The Morgan fingerprint density at radius 1 is 1.02 bits per heavy atom. The highest BCUT2D eigenvalue weighted by Gasteiger charge is 2.49. The number of nitrogens with one attached hydrogen (secondary N) is 2. The first-order valence-corrected chi connectivity index (χ1v) is 21.6. The second kappa shape index (κ2) is 16.1. The zero-order valence-electron chi connectivity index (χ0n) is 30.9. The number of carbonyl (C=O) groups excluding carboxylic acids is 5. The quantitative estimate of drug-likeness (QED) is 0.216. The lowest BCUT2D eigenvalue weighted by molar-refractivity contribution is -0.145. The van der Waals surface area contributed by atoms with Gasteiger partial charge in [0.15, 0.2) is 9.84 Å². The number of Topliss-reactive ketones (excluding diaryl/α,β-unsaturated/α-hetero) is 1. The maximum atomic E-state index is 14.8. The predicted molar refractivity (Wildman–Crippen MR) is 200 cm³/mol. The van der Waals surface area contributed by atoms with Crippen LogP contribution in [0.15, 0.2) is 35.4 Å². The fourth-order valence-corrected chi connectivity index (χ4v) is 11.3. The molecule has 17 heteroatoms. The van der Waals surface area contributed by atoms with E-state index < -0.39 is 73.8 Å². The standard InChI is InChI=1S/C37H51N7O8S2/c1-36(2,50)30-21-39-42-44(30)25-20-29(34(48)41-37(31(45)32(38)46)15-17-53-18-16-37)43(22-25)35(49)28(19-23-7-4-3-5-8-23)40-33(47)24-11-13-27(14-12-24)54(51,52)26-9-6-10-26/h11-14,21,23,25-26,28-29,50H,3-10,15-20,22H2,1-2H3,(H2,38,46)(H,40,47)(H,41,48)/t25-,28+,29-/m0/s1. The van der Waals surface area contributed by atoms with Gasteiger partial charge in [0.05, 0.1) is 28.1 Å². The molecule has 54 heavy (non-hydrogen) atoms. The summed E-state index contributed by atoms with van der Waals surface area (Å²) in [5, 5.41) is 24.5. The van der Waals surface area contributed by atoms with Crippen LogP contribution in [0.4, 0.5) is 0 Å². The molecule has 15 nitrogen and oxygen atoms in total. The summed E-state index contributed by atoms with van der Waals surface area (Å²) >= 11 is 1.59. The highest BCUT2D eigenvalue weighted by Crippen LogP contribution is 2.36. The summed E-state index contributed by atoms with van der Waals surface area (Å²) in [6.45, 7) is 3.14. The van der Waals surface area contributed by atoms with Gasteiger partial charge in [0.2, 0.25) is 17.6 Å². The van der Waals surface area contributed by atoms with Gasteiger partial charge >= 0.3 is 0 Å². The molecule has 3 heterocycles. The molecule has 3 atom stereocenters. The molecule has 1 aromatic heterocycles. The topological polar surface area (TPSA) is 224 Å². The average Bonchev–Trinajstić information content (AvgIpc) is 3.79. The van der Waals surface area contributed by atoms with Crippen molar-refractivity contribution >= 4 is 51.0 Å². The van der Waals surface area contributed by atoms with Gasteiger partial charge in [0.1, 0.15) is 23.2 Å². The van der Waals surface area contributed by atoms with Crippen molar-refractivity contribution in [2.45, 2.75) is 130 Å². The van der Waals surface area contributed by atoms with E-state index in [1.54, 1.807) is 25.6 Å². The van der Waals surface area contributed by atoms with Gasteiger partial charge in [-0.2, -0.15) is 11.8 Å². The lowest BCUT2D eigenvalue weighted by atomic mass is 9.84. The summed E-state index contributed by atoms with van der Waals surface area (Å²) < 4.78 is 27.4. The number of hydrogen-bond donors (Lipinski definition) is 4. The fraction of sp³-hybridized carbons (Fsp3) is 0.649. The van der Waals surface area contributed by atoms with E-state index in [2.05, 4.69) is 20.9 Å². The summed E-state index contributed by atoms with van der Waals surface area (Å²) in [6.07, 6.45) is 9.13. The van der Waals surface area contributed by atoms with Crippen molar-refractivity contribution in [3.8, 4) is 0 Å². The molecule has 1 aromatic carbocycles. The Hall–Kier alpha value is -3.83. The molecule has 0 spiro atoms. The molecule has 294 valence electrons. The third kappa shape index (κ3) is 8.37. The van der Waals surface area contributed by atoms with Gasteiger partial charge in [0.25, 0.3) is 11.8 Å². The number of rotatable bonds is 13. The number of aromatic nitrogens is 3. The van der Waals surface area contributed by atoms with Gasteiger partial charge in [-0.1, -0.05) is 43.7 Å². The maximum Gasteiger partial charge on any atom is 0.287 e. The van der Waals surface area contributed by atoms with Gasteiger partial charge in [-0.3, -0.25) is 24.0 Å². The molecular formula is C37H51N7O8S2. The summed E-state index contributed by atoms with van der Waals surface area (Å²) in [5.74, 6) is -2.55. The molecule has 0 bridgehead atoms. The highest BCUT2D eigenvalue weighted by molar-refractivity contribution is 7.99. The van der Waals surface area contributed by atoms with Crippen LogP contribution in [0.1, 0.15) is 113 Å². The van der Waals surface area contributed by atoms with Crippen LogP contribution in [0.5, 0.6) is 0 Å². The number of benzene rings is 1. The Kier molecular flexibility index (Phi) is 11.9. The number of nitrogens with zero attached hydrogens (tertiary/aromatic N) is 4. The fourth-order valence-electron chi connectivity index (χ4n) is 8.21. The molecular weight excluding hydrogens is 735 g/mol. The zero-order valence-corrected chi connectivity index (χ0v) is 32.5. The van der Waals surface area contributed by atoms with E-state index in [0.717, 1.165) is 38.5 Å². The molecule has 2 saturated heterocycles. The minimum absolute atomic E-state index is 0.0132. The second-order valence-corrected chi connectivity index (χ2v) is 19.2. The molecule has 6 rings (SSSR count).